The molecule has 2 heterocycles. The monoisotopic (exact) mass is 804 g/mol. The summed E-state index contributed by atoms with van der Waals surface area (Å²) < 4.78 is 28.2. The Bertz CT molecular complexity index is 3000. The summed E-state index contributed by atoms with van der Waals surface area (Å²) in [5, 5.41) is 12.2. The van der Waals surface area contributed by atoms with Gasteiger partial charge in [0.25, 0.3) is 0 Å². The first-order valence-electron chi connectivity index (χ1n) is 23.0. The third kappa shape index (κ3) is 8.16. The van der Waals surface area contributed by atoms with E-state index in [1.165, 1.54) is 5.56 Å². The van der Waals surface area contributed by atoms with Crippen molar-refractivity contribution in [3.8, 4) is 67.5 Å². The highest BCUT2D eigenvalue weighted by molar-refractivity contribution is 5.97. The molecule has 0 saturated carbocycles. The number of imidazole rings is 1. The molecule has 0 fully saturated rings. The lowest BCUT2D eigenvalue weighted by atomic mass is 9.83. The van der Waals surface area contributed by atoms with Gasteiger partial charge >= 0.3 is 0 Å². The van der Waals surface area contributed by atoms with Crippen LogP contribution in [0.1, 0.15) is 113 Å². The van der Waals surface area contributed by atoms with Crippen LogP contribution >= 0.6 is 0 Å². The largest absolute Gasteiger partial charge is 0.507 e. The van der Waals surface area contributed by atoms with Crippen molar-refractivity contribution in [2.45, 2.75) is 98.8 Å². The van der Waals surface area contributed by atoms with E-state index >= 15 is 0 Å². The molecule has 0 radical (unpaired) electrons. The van der Waals surface area contributed by atoms with Crippen LogP contribution < -0.4 is 0 Å². The third-order valence-corrected chi connectivity index (χ3v) is 12.0. The van der Waals surface area contributed by atoms with Crippen LogP contribution in [0.3, 0.4) is 0 Å². The summed E-state index contributed by atoms with van der Waals surface area (Å²) in [6.45, 7) is 19.4. The maximum Gasteiger partial charge on any atom is 0.149 e. The van der Waals surface area contributed by atoms with Crippen molar-refractivity contribution in [2.24, 2.45) is 0 Å². The molecule has 0 unspecified atom stereocenters. The summed E-state index contributed by atoms with van der Waals surface area (Å²) >= 11 is 0. The molecular formula is C57H59N3O. The highest BCUT2D eigenvalue weighted by Crippen LogP contribution is 2.43. The predicted octanol–water partition coefficient (Wildman–Crippen LogP) is 15.6. The molecule has 1 N–H and O–H groups in total. The zero-order chi connectivity index (χ0) is 45.9. The standard InChI is InChI=1S/C57H59N3O/c1-35(2)41-32-49(36(3)4)54(61)50(33-41)55-59-53-48(18-15-19-52(53)60(55)46-24-25-47(37(5)28-46)39-16-13-12-14-17-39)42-29-43(31-45(30-42)57(9,10)11)51-34-40(26-27-58-51)38-20-22-44(23-21-38)56(6,7)8/h12-36,61H,1-11H3/i5D3. The zero-order valence-corrected chi connectivity index (χ0v) is 37.2. The smallest absolute Gasteiger partial charge is 0.149 e. The normalized spacial score (nSPS) is 13.1. The zero-order valence-electron chi connectivity index (χ0n) is 40.2. The molecule has 61 heavy (non-hydrogen) atoms. The molecule has 6 aromatic carbocycles. The van der Waals surface area contributed by atoms with Gasteiger partial charge in [0, 0.05) is 27.1 Å². The summed E-state index contributed by atoms with van der Waals surface area (Å²) in [4.78, 5) is 10.4. The minimum atomic E-state index is -2.40. The molecule has 2 aromatic heterocycles. The van der Waals surface area contributed by atoms with E-state index < -0.39 is 6.85 Å². The number of aromatic nitrogens is 3. The molecule has 0 spiro atoms. The van der Waals surface area contributed by atoms with Gasteiger partial charge in [-0.3, -0.25) is 9.55 Å². The number of benzene rings is 6. The highest BCUT2D eigenvalue weighted by atomic mass is 16.3. The van der Waals surface area contributed by atoms with E-state index in [1.807, 2.05) is 71.4 Å². The Morgan fingerprint density at radius 1 is 0.574 bits per heavy atom. The minimum Gasteiger partial charge on any atom is -0.507 e. The topological polar surface area (TPSA) is 50.9 Å². The molecule has 4 heteroatoms. The lowest BCUT2D eigenvalue weighted by molar-refractivity contribution is 0.466. The number of fused-ring (bicyclic) bond motifs is 1. The number of hydrogen-bond acceptors (Lipinski definition) is 3. The maximum absolute atomic E-state index is 12.2. The number of aromatic hydroxyl groups is 1. The van der Waals surface area contributed by atoms with Gasteiger partial charge in [0.1, 0.15) is 11.6 Å². The fourth-order valence-electron chi connectivity index (χ4n) is 8.23. The summed E-state index contributed by atoms with van der Waals surface area (Å²) in [6.07, 6.45) is 1.89. The van der Waals surface area contributed by atoms with Gasteiger partial charge in [-0.25, -0.2) is 4.98 Å². The van der Waals surface area contributed by atoms with Gasteiger partial charge in [-0.2, -0.15) is 0 Å². The third-order valence-electron chi connectivity index (χ3n) is 12.0. The quantitative estimate of drug-likeness (QED) is 0.166. The van der Waals surface area contributed by atoms with Crippen molar-refractivity contribution in [3.05, 3.63) is 167 Å². The fraction of sp³-hybridized carbons (Fsp3) is 0.263. The van der Waals surface area contributed by atoms with Crippen LogP contribution in [-0.2, 0) is 10.8 Å². The Kier molecular flexibility index (Phi) is 9.88. The minimum absolute atomic E-state index is 0.0479. The first kappa shape index (κ1) is 37.7. The van der Waals surface area contributed by atoms with Gasteiger partial charge in [-0.1, -0.05) is 154 Å². The molecule has 0 atom stereocenters. The molecular weight excluding hydrogens is 743 g/mol. The number of aryl methyl sites for hydroxylation is 1. The summed E-state index contributed by atoms with van der Waals surface area (Å²) in [6, 6.07) is 45.3. The van der Waals surface area contributed by atoms with Crippen molar-refractivity contribution in [3.63, 3.8) is 0 Å². The van der Waals surface area contributed by atoms with Gasteiger partial charge in [0.2, 0.25) is 0 Å². The van der Waals surface area contributed by atoms with Crippen molar-refractivity contribution in [1.29, 1.82) is 0 Å². The fourth-order valence-corrected chi connectivity index (χ4v) is 8.23. The van der Waals surface area contributed by atoms with Crippen LogP contribution in [0.15, 0.2) is 140 Å². The molecule has 8 rings (SSSR count). The van der Waals surface area contributed by atoms with E-state index in [9.17, 15) is 5.11 Å². The second kappa shape index (κ2) is 16.0. The van der Waals surface area contributed by atoms with Crippen LogP contribution in [0.2, 0.25) is 0 Å². The number of nitrogens with zero attached hydrogens (tertiary/aromatic N) is 3. The molecule has 308 valence electrons. The van der Waals surface area contributed by atoms with E-state index in [2.05, 4.69) is 136 Å². The lowest BCUT2D eigenvalue weighted by Gasteiger charge is -2.22. The summed E-state index contributed by atoms with van der Waals surface area (Å²) in [5.41, 5.74) is 14.7. The van der Waals surface area contributed by atoms with E-state index in [1.54, 1.807) is 6.07 Å². The average molecular weight is 805 g/mol. The molecule has 4 nitrogen and oxygen atoms in total. The van der Waals surface area contributed by atoms with Crippen molar-refractivity contribution in [2.75, 3.05) is 0 Å². The second-order valence-corrected chi connectivity index (χ2v) is 19.2. The Balaban J connectivity index is 1.38. The van der Waals surface area contributed by atoms with Crippen molar-refractivity contribution < 1.29 is 9.22 Å². The lowest BCUT2D eigenvalue weighted by Crippen LogP contribution is -2.11. The Morgan fingerprint density at radius 3 is 1.97 bits per heavy atom. The number of phenols is 1. The number of pyridine rings is 1. The molecule has 8 aromatic rings. The Morgan fingerprint density at radius 2 is 1.30 bits per heavy atom. The summed E-state index contributed by atoms with van der Waals surface area (Å²) in [5.74, 6) is 0.940. The summed E-state index contributed by atoms with van der Waals surface area (Å²) in [7, 11) is 0. The van der Waals surface area contributed by atoms with Gasteiger partial charge in [-0.15, -0.1) is 0 Å². The number of hydrogen-bond donors (Lipinski definition) is 1. The van der Waals surface area contributed by atoms with Crippen LogP contribution in [0.5, 0.6) is 5.75 Å². The maximum atomic E-state index is 12.2. The molecule has 0 saturated heterocycles. The average Bonchev–Trinajstić information content (AvgIpc) is 3.65. The number of para-hydroxylation sites is 1. The van der Waals surface area contributed by atoms with E-state index in [0.717, 1.165) is 66.8 Å². The number of phenolic OH excluding ortho intramolecular Hbond substituents is 1. The first-order valence-corrected chi connectivity index (χ1v) is 21.5. The molecule has 0 aliphatic carbocycles. The van der Waals surface area contributed by atoms with Crippen LogP contribution in [0, 0.1) is 6.85 Å². The Labute approximate surface area is 367 Å². The van der Waals surface area contributed by atoms with Gasteiger partial charge < -0.3 is 5.11 Å². The van der Waals surface area contributed by atoms with Crippen LogP contribution in [0.25, 0.3) is 72.7 Å². The Hall–Kier alpha value is -6.26. The molecule has 0 aliphatic heterocycles. The van der Waals surface area contributed by atoms with Crippen molar-refractivity contribution in [1.82, 2.24) is 14.5 Å². The molecule has 0 aliphatic rings. The molecule has 0 bridgehead atoms. The van der Waals surface area contributed by atoms with E-state index in [0.29, 0.717) is 22.6 Å². The molecule has 0 amide bonds. The van der Waals surface area contributed by atoms with Crippen molar-refractivity contribution >= 4 is 11.0 Å². The highest BCUT2D eigenvalue weighted by Gasteiger charge is 2.25. The van der Waals surface area contributed by atoms with Gasteiger partial charge in [0.15, 0.2) is 0 Å². The predicted molar refractivity (Wildman–Crippen MR) is 258 cm³/mol. The second-order valence-electron chi connectivity index (χ2n) is 19.2. The SMILES string of the molecule is [2H]C([2H])([2H])c1cc(-n2c(-c3cc(C(C)C)cc(C(C)C)c3O)nc3c(-c4cc(-c5cc(-c6ccc(C(C)(C)C)cc6)ccn5)cc(C(C)(C)C)c4)cccc32)ccc1-c1ccccc1. The first-order chi connectivity index (χ1) is 30.2. The van der Waals surface area contributed by atoms with Gasteiger partial charge in [-0.05, 0) is 134 Å². The number of rotatable bonds is 8. The van der Waals surface area contributed by atoms with E-state index in [4.69, 9.17) is 14.1 Å². The van der Waals surface area contributed by atoms with Crippen LogP contribution in [-0.4, -0.2) is 19.6 Å². The van der Waals surface area contributed by atoms with E-state index in [-0.39, 0.29) is 34.0 Å². The van der Waals surface area contributed by atoms with Crippen LogP contribution in [0.4, 0.5) is 0 Å². The van der Waals surface area contributed by atoms with Gasteiger partial charge in [0.05, 0.1) is 22.3 Å².